The number of aromatic carboxylic acids is 1. The molecule has 0 unspecified atom stereocenters. The highest BCUT2D eigenvalue weighted by molar-refractivity contribution is 14.1. The number of aromatic nitrogens is 14. The summed E-state index contributed by atoms with van der Waals surface area (Å²) in [6.45, 7) is 30.0. The van der Waals surface area contributed by atoms with Crippen LogP contribution in [0.1, 0.15) is 151 Å². The van der Waals surface area contributed by atoms with Gasteiger partial charge in [0.25, 0.3) is 0 Å². The van der Waals surface area contributed by atoms with Crippen LogP contribution in [0, 0.1) is 45.1 Å². The molecule has 0 aliphatic heterocycles. The molecule has 16 rings (SSSR count). The van der Waals surface area contributed by atoms with E-state index >= 15 is 0 Å². The number of carboxylic acid groups (broad SMARTS) is 1. The minimum Gasteiger partial charge on any atom is -0.478 e. The molecule has 2 aromatic carbocycles. The second-order valence-electron chi connectivity index (χ2n) is 29.5. The van der Waals surface area contributed by atoms with Gasteiger partial charge in [0, 0.05) is 113 Å². The van der Waals surface area contributed by atoms with E-state index in [-0.39, 0.29) is 23.0 Å². The third-order valence-electron chi connectivity index (χ3n) is 20.0. The van der Waals surface area contributed by atoms with E-state index in [2.05, 4.69) is 161 Å². The van der Waals surface area contributed by atoms with Gasteiger partial charge in [-0.3, -0.25) is 34.9 Å². The van der Waals surface area contributed by atoms with Gasteiger partial charge >= 0.3 is 17.9 Å². The van der Waals surface area contributed by atoms with Gasteiger partial charge in [0.05, 0.1) is 112 Å². The molecule has 2 N–H and O–H groups in total. The lowest BCUT2D eigenvalue weighted by Gasteiger charge is -2.27. The molecular formula is C91H89IN14O10. The summed E-state index contributed by atoms with van der Waals surface area (Å²) < 4.78 is 33.5. The first-order valence-corrected chi connectivity index (χ1v) is 38.5. The number of aliphatic hydroxyl groups is 1. The summed E-state index contributed by atoms with van der Waals surface area (Å²) in [5.74, 6) is 0.619. The van der Waals surface area contributed by atoms with Gasteiger partial charge in [0.1, 0.15) is 34.1 Å². The van der Waals surface area contributed by atoms with Crippen LogP contribution in [0.15, 0.2) is 239 Å². The number of aryl methyl sites for hydroxylation is 6. The summed E-state index contributed by atoms with van der Waals surface area (Å²) in [4.78, 5) is 70.3. The molecular weight excluding hydrogens is 1580 g/mol. The lowest BCUT2D eigenvalue weighted by Crippen LogP contribution is -2.28. The van der Waals surface area contributed by atoms with Crippen molar-refractivity contribution in [1.82, 2.24) is 69.0 Å². The van der Waals surface area contributed by atoms with E-state index in [0.29, 0.717) is 23.6 Å². The number of carbonyl (C=O) groups is 3. The van der Waals surface area contributed by atoms with Crippen molar-refractivity contribution in [2.45, 2.75) is 126 Å². The van der Waals surface area contributed by atoms with Crippen molar-refractivity contribution in [2.24, 2.45) is 0 Å². The Labute approximate surface area is 684 Å². The monoisotopic (exact) mass is 1660 g/mol. The average molecular weight is 1670 g/mol. The second kappa shape index (κ2) is 34.8. The Morgan fingerprint density at radius 2 is 0.767 bits per heavy atom. The normalized spacial score (nSPS) is 11.5. The van der Waals surface area contributed by atoms with Crippen LogP contribution in [-0.2, 0) is 31.7 Å². The summed E-state index contributed by atoms with van der Waals surface area (Å²) in [5, 5.41) is 31.0. The van der Waals surface area contributed by atoms with E-state index in [1.165, 1.54) is 7.11 Å². The van der Waals surface area contributed by atoms with E-state index in [1.807, 2.05) is 157 Å². The zero-order valence-electron chi connectivity index (χ0n) is 67.4. The van der Waals surface area contributed by atoms with Crippen LogP contribution in [0.5, 0.6) is 0 Å². The fourth-order valence-corrected chi connectivity index (χ4v) is 14.5. The van der Waals surface area contributed by atoms with Crippen LogP contribution >= 0.6 is 22.6 Å². The highest BCUT2D eigenvalue weighted by Crippen LogP contribution is 2.42. The van der Waals surface area contributed by atoms with E-state index in [9.17, 15) is 24.6 Å². The predicted octanol–water partition coefficient (Wildman–Crippen LogP) is 19.5. The molecule has 0 aliphatic carbocycles. The molecule has 14 aromatic heterocycles. The van der Waals surface area contributed by atoms with Crippen LogP contribution in [-0.4, -0.2) is 111 Å². The zero-order chi connectivity index (χ0) is 83.0. The molecule has 0 radical (unpaired) electrons. The molecule has 0 saturated heterocycles. The molecule has 0 spiro atoms. The third-order valence-corrected chi connectivity index (χ3v) is 20.8. The number of carbonyl (C=O) groups excluding carboxylic acids is 2. The maximum Gasteiger partial charge on any atom is 0.356 e. The summed E-state index contributed by atoms with van der Waals surface area (Å²) in [7, 11) is 1.38. The van der Waals surface area contributed by atoms with Gasteiger partial charge < -0.3 is 47.0 Å². The van der Waals surface area contributed by atoms with Gasteiger partial charge in [0.15, 0.2) is 0 Å². The molecule has 16 aromatic rings. The molecule has 590 valence electrons. The number of hydrogen-bond acceptors (Lipinski definition) is 20. The Kier molecular flexibility index (Phi) is 24.7. The quantitative estimate of drug-likeness (QED) is 0.0670. The van der Waals surface area contributed by atoms with Crippen molar-refractivity contribution in [3.05, 3.63) is 303 Å². The number of hydrogen-bond donors (Lipinski definition) is 2. The molecule has 25 heteroatoms. The summed E-state index contributed by atoms with van der Waals surface area (Å²) >= 11 is 2.34. The number of ether oxygens (including phenoxy) is 2. The summed E-state index contributed by atoms with van der Waals surface area (Å²) in [5.41, 5.74) is 20.3. The van der Waals surface area contributed by atoms with Gasteiger partial charge in [-0.25, -0.2) is 19.4 Å². The molecule has 0 atom stereocenters. The molecule has 0 fully saturated rings. The van der Waals surface area contributed by atoms with Crippen molar-refractivity contribution in [3.63, 3.8) is 0 Å². The second-order valence-corrected chi connectivity index (χ2v) is 30.7. The summed E-state index contributed by atoms with van der Waals surface area (Å²) in [6.07, 6.45) is 20.6. The first kappa shape index (κ1) is 82.4. The number of carboxylic acids is 1. The Bertz CT molecular complexity index is 6070. The maximum atomic E-state index is 11.9. The van der Waals surface area contributed by atoms with Crippen molar-refractivity contribution >= 4 is 73.6 Å². The first-order chi connectivity index (χ1) is 55.4. The van der Waals surface area contributed by atoms with Gasteiger partial charge in [0.2, 0.25) is 0 Å². The smallest absolute Gasteiger partial charge is 0.356 e. The van der Waals surface area contributed by atoms with Crippen LogP contribution in [0.3, 0.4) is 0 Å². The number of benzene rings is 2. The van der Waals surface area contributed by atoms with Crippen molar-refractivity contribution in [3.8, 4) is 55.6 Å². The lowest BCUT2D eigenvalue weighted by atomic mass is 9.99. The maximum absolute atomic E-state index is 11.9. The highest BCUT2D eigenvalue weighted by Gasteiger charge is 2.32. The lowest BCUT2D eigenvalue weighted by molar-refractivity contribution is 0.0517. The Balaban J connectivity index is 0.000000143. The van der Waals surface area contributed by atoms with Gasteiger partial charge in [-0.05, 0) is 241 Å². The zero-order valence-corrected chi connectivity index (χ0v) is 69.5. The molecule has 0 aliphatic rings. The number of fused-ring (bicyclic) bond motifs is 3. The van der Waals surface area contributed by atoms with Gasteiger partial charge in [-0.1, -0.05) is 70.1 Å². The molecule has 116 heavy (non-hydrogen) atoms. The Hall–Kier alpha value is -13.0. The van der Waals surface area contributed by atoms with Crippen LogP contribution in [0.2, 0.25) is 0 Å². The fraction of sp³-hybridized carbons (Fsp3) is 0.231. The highest BCUT2D eigenvalue weighted by atomic mass is 127. The third kappa shape index (κ3) is 17.5. The SMILES string of the molecule is CC(C)(O)c1ccccn1.CCOC(=O)c1ccccn1.COC(=O)c1ccc(-c2cn(C(C)(C)c3ccccn3)c3cc(-c4c(C)noc4C)cnc23)cc1.Cc1noc(C)c1-c1cnc2c(-c3ccc(C(=O)O)cc3)cn(C(C)(C)c3ccccn3)c2c1.Cc1noc(C)c1-c1cnc2c(I)cn(C(C)(C)c3ccccn3)c2c1. The van der Waals surface area contributed by atoms with E-state index in [4.69, 9.17) is 38.0 Å². The first-order valence-electron chi connectivity index (χ1n) is 37.4. The van der Waals surface area contributed by atoms with Crippen molar-refractivity contribution in [2.75, 3.05) is 13.7 Å². The molecule has 14 heterocycles. The number of pyridine rings is 8. The van der Waals surface area contributed by atoms with Gasteiger partial charge in [-0.15, -0.1) is 0 Å². The van der Waals surface area contributed by atoms with E-state index in [0.717, 1.165) is 144 Å². The van der Waals surface area contributed by atoms with E-state index in [1.54, 1.807) is 87.9 Å². The number of halogens is 1. The average Bonchev–Trinajstić information content (AvgIpc) is 1.60. The predicted molar refractivity (Wildman–Crippen MR) is 454 cm³/mol. The molecule has 0 saturated carbocycles. The van der Waals surface area contributed by atoms with E-state index < -0.39 is 22.6 Å². The number of nitrogens with zero attached hydrogens (tertiary/aromatic N) is 14. The van der Waals surface area contributed by atoms with Crippen molar-refractivity contribution < 1.29 is 47.6 Å². The largest absolute Gasteiger partial charge is 0.478 e. The fourth-order valence-electron chi connectivity index (χ4n) is 13.8. The molecule has 0 amide bonds. The topological polar surface area (TPSA) is 306 Å². The number of esters is 2. The van der Waals surface area contributed by atoms with Crippen LogP contribution in [0.25, 0.3) is 88.7 Å². The Morgan fingerprint density at radius 1 is 0.422 bits per heavy atom. The Morgan fingerprint density at radius 3 is 1.08 bits per heavy atom. The molecule has 24 nitrogen and oxygen atoms in total. The van der Waals surface area contributed by atoms with Gasteiger partial charge in [-0.2, -0.15) is 0 Å². The minimum atomic E-state index is -0.951. The number of methoxy groups -OCH3 is 1. The van der Waals surface area contributed by atoms with Crippen LogP contribution in [0.4, 0.5) is 0 Å². The summed E-state index contributed by atoms with van der Waals surface area (Å²) in [6, 6.07) is 49.1. The molecule has 0 bridgehead atoms. The standard InChI is InChI=1S/C28H26N4O3.C27H24N4O3.C20H19IN4O.C8H9NO2.C8H11NO/c1-17-25(18(2)35-31-17)21-14-23-26(30-15-21)22(19-9-11-20(12-10-19)27(33)34-5)16-32(23)28(3,4)24-8-6-7-13-29-24;1-16-24(17(2)34-30-16)20-13-22-25(29-14-20)21(18-8-10-19(11-9-18)26(32)33)15-31(22)27(3,4)23-7-5-6-12-28-23;1-12-18(13(2)26-24-12)14-9-16-19(23-10-14)15(21)11-25(16)20(3,4)17-7-5-6-8-22-17;1-2-11-8(10)7-5-3-4-6-9-7;1-8(2,10)7-5-3-4-6-9-7/h6-16H,1-5H3;5-15H,1-4H3,(H,32,33);5-11H,1-4H3;3-6H,2H2,1H3;3-6,10H,1-2H3. The van der Waals surface area contributed by atoms with Crippen molar-refractivity contribution in [1.29, 1.82) is 0 Å². The van der Waals surface area contributed by atoms with Crippen LogP contribution < -0.4 is 0 Å². The number of rotatable bonds is 16. The minimum absolute atomic E-state index is 0.245.